The highest BCUT2D eigenvalue weighted by molar-refractivity contribution is 5.81. The largest absolute Gasteiger partial charge is 0.338 e. The first-order valence-corrected chi connectivity index (χ1v) is 8.02. The lowest BCUT2D eigenvalue weighted by molar-refractivity contribution is -0.143. The molecule has 5 heteroatoms. The Morgan fingerprint density at radius 2 is 1.95 bits per heavy atom. The van der Waals surface area contributed by atoms with Gasteiger partial charge in [0.2, 0.25) is 5.91 Å². The summed E-state index contributed by atoms with van der Waals surface area (Å²) >= 11 is 0. The van der Waals surface area contributed by atoms with Crippen LogP contribution < -0.4 is 5.32 Å². The lowest BCUT2D eigenvalue weighted by Gasteiger charge is -2.45. The van der Waals surface area contributed by atoms with Gasteiger partial charge in [0.05, 0.1) is 6.04 Å². The van der Waals surface area contributed by atoms with Gasteiger partial charge in [-0.3, -0.25) is 4.79 Å². The summed E-state index contributed by atoms with van der Waals surface area (Å²) in [5.74, 6) is 1.40. The molecule has 3 aliphatic rings. The van der Waals surface area contributed by atoms with Gasteiger partial charge in [-0.2, -0.15) is 0 Å². The molecule has 3 amide bonds. The zero-order valence-corrected chi connectivity index (χ0v) is 12.3. The Morgan fingerprint density at radius 1 is 1.25 bits per heavy atom. The fraction of sp³-hybridized carbons (Fsp3) is 0.867. The van der Waals surface area contributed by atoms with Crippen LogP contribution in [0.25, 0.3) is 0 Å². The molecule has 5 nitrogen and oxygen atoms in total. The quantitative estimate of drug-likeness (QED) is 0.850. The van der Waals surface area contributed by atoms with Gasteiger partial charge in [0.1, 0.15) is 0 Å². The van der Waals surface area contributed by atoms with Crippen molar-refractivity contribution in [3.05, 3.63) is 0 Å². The number of hydrogen-bond acceptors (Lipinski definition) is 2. The van der Waals surface area contributed by atoms with Gasteiger partial charge < -0.3 is 15.1 Å². The molecule has 1 saturated carbocycles. The molecule has 20 heavy (non-hydrogen) atoms. The molecule has 1 N–H and O–H groups in total. The minimum absolute atomic E-state index is 0.0329. The lowest BCUT2D eigenvalue weighted by atomic mass is 9.80. The molecule has 0 atom stereocenters. The van der Waals surface area contributed by atoms with E-state index in [-0.39, 0.29) is 18.0 Å². The molecule has 1 aliphatic carbocycles. The van der Waals surface area contributed by atoms with Crippen molar-refractivity contribution >= 4 is 11.9 Å². The van der Waals surface area contributed by atoms with E-state index >= 15 is 0 Å². The maximum Gasteiger partial charge on any atom is 0.317 e. The van der Waals surface area contributed by atoms with Crippen molar-refractivity contribution in [2.75, 3.05) is 26.2 Å². The highest BCUT2D eigenvalue weighted by atomic mass is 16.2. The number of likely N-dealkylation sites (tertiary alicyclic amines) is 1. The van der Waals surface area contributed by atoms with E-state index in [9.17, 15) is 9.59 Å². The van der Waals surface area contributed by atoms with E-state index in [0.717, 1.165) is 44.9 Å². The van der Waals surface area contributed by atoms with Crippen LogP contribution in [0.5, 0.6) is 0 Å². The van der Waals surface area contributed by atoms with Crippen LogP contribution in [0.1, 0.15) is 39.0 Å². The van der Waals surface area contributed by atoms with Crippen molar-refractivity contribution in [2.45, 2.75) is 45.1 Å². The molecule has 2 heterocycles. The third-order valence-electron chi connectivity index (χ3n) is 5.28. The molecule has 112 valence electrons. The van der Waals surface area contributed by atoms with Crippen LogP contribution in [0.15, 0.2) is 0 Å². The first kappa shape index (κ1) is 13.7. The summed E-state index contributed by atoms with van der Waals surface area (Å²) in [6, 6.07) is 0.277. The SMILES string of the molecule is CCC1CCC(C(=O)N2CC(N3CCNC3=O)C2)CC1. The summed E-state index contributed by atoms with van der Waals surface area (Å²) in [5, 5.41) is 2.82. The van der Waals surface area contributed by atoms with Gasteiger partial charge in [0.15, 0.2) is 0 Å². The van der Waals surface area contributed by atoms with Crippen LogP contribution >= 0.6 is 0 Å². The van der Waals surface area contributed by atoms with E-state index in [1.807, 2.05) is 9.80 Å². The Labute approximate surface area is 120 Å². The Balaban J connectivity index is 1.45. The molecule has 2 aliphatic heterocycles. The molecule has 3 fully saturated rings. The highest BCUT2D eigenvalue weighted by Crippen LogP contribution is 2.33. The van der Waals surface area contributed by atoms with Gasteiger partial charge >= 0.3 is 6.03 Å². The van der Waals surface area contributed by atoms with Crippen molar-refractivity contribution in [2.24, 2.45) is 11.8 Å². The standard InChI is InChI=1S/C15H25N3O2/c1-2-11-3-5-12(6-4-11)14(19)17-9-13(10-17)18-8-7-16-15(18)20/h11-13H,2-10H2,1H3,(H,16,20). The predicted molar refractivity (Wildman–Crippen MR) is 76.2 cm³/mol. The number of carbonyl (C=O) groups excluding carboxylic acids is 2. The van der Waals surface area contributed by atoms with Crippen molar-refractivity contribution in [3.8, 4) is 0 Å². The maximum absolute atomic E-state index is 12.4. The van der Waals surface area contributed by atoms with E-state index in [1.54, 1.807) is 0 Å². The predicted octanol–water partition coefficient (Wildman–Crippen LogP) is 1.44. The minimum atomic E-state index is 0.0329. The van der Waals surface area contributed by atoms with Crippen molar-refractivity contribution < 1.29 is 9.59 Å². The zero-order valence-electron chi connectivity index (χ0n) is 12.3. The number of rotatable bonds is 3. The summed E-state index contributed by atoms with van der Waals surface area (Å²) in [4.78, 5) is 27.8. The van der Waals surface area contributed by atoms with E-state index in [1.165, 1.54) is 19.3 Å². The second kappa shape index (κ2) is 5.62. The number of urea groups is 1. The van der Waals surface area contributed by atoms with Gasteiger partial charge in [0.25, 0.3) is 0 Å². The average molecular weight is 279 g/mol. The zero-order chi connectivity index (χ0) is 14.1. The molecule has 0 aromatic heterocycles. The fourth-order valence-corrected chi connectivity index (χ4v) is 3.74. The van der Waals surface area contributed by atoms with Gasteiger partial charge in [-0.1, -0.05) is 13.3 Å². The molecule has 0 bridgehead atoms. The number of carbonyl (C=O) groups is 2. The maximum atomic E-state index is 12.4. The normalized spacial score (nSPS) is 31.1. The van der Waals surface area contributed by atoms with Crippen LogP contribution in [0.2, 0.25) is 0 Å². The van der Waals surface area contributed by atoms with E-state index < -0.39 is 0 Å². The van der Waals surface area contributed by atoms with Crippen molar-refractivity contribution in [1.82, 2.24) is 15.1 Å². The average Bonchev–Trinajstić information content (AvgIpc) is 2.83. The molecular formula is C15H25N3O2. The molecule has 0 radical (unpaired) electrons. The molecule has 3 rings (SSSR count). The molecule has 0 unspecified atom stereocenters. The Bertz CT molecular complexity index is 385. The molecule has 0 aromatic carbocycles. The Morgan fingerprint density at radius 3 is 2.50 bits per heavy atom. The Kier molecular flexibility index (Phi) is 3.85. The summed E-state index contributed by atoms with van der Waals surface area (Å²) < 4.78 is 0. The van der Waals surface area contributed by atoms with Gasteiger partial charge in [-0.15, -0.1) is 0 Å². The third-order valence-corrected chi connectivity index (χ3v) is 5.28. The summed E-state index contributed by atoms with van der Waals surface area (Å²) in [6.45, 7) is 5.24. The first-order valence-electron chi connectivity index (χ1n) is 8.02. The van der Waals surface area contributed by atoms with E-state index in [2.05, 4.69) is 12.2 Å². The van der Waals surface area contributed by atoms with Crippen LogP contribution in [0, 0.1) is 11.8 Å². The van der Waals surface area contributed by atoms with Crippen LogP contribution in [-0.4, -0.2) is 54.0 Å². The fourth-order valence-electron chi connectivity index (χ4n) is 3.74. The number of amides is 3. The lowest BCUT2D eigenvalue weighted by Crippen LogP contribution is -2.62. The van der Waals surface area contributed by atoms with Gasteiger partial charge in [-0.25, -0.2) is 4.79 Å². The van der Waals surface area contributed by atoms with Crippen LogP contribution in [0.4, 0.5) is 4.79 Å². The van der Waals surface area contributed by atoms with E-state index in [0.29, 0.717) is 5.91 Å². The number of nitrogens with zero attached hydrogens (tertiary/aromatic N) is 2. The molecule has 0 aromatic rings. The number of hydrogen-bond donors (Lipinski definition) is 1. The van der Waals surface area contributed by atoms with Crippen molar-refractivity contribution in [3.63, 3.8) is 0 Å². The van der Waals surface area contributed by atoms with Crippen molar-refractivity contribution in [1.29, 1.82) is 0 Å². The smallest absolute Gasteiger partial charge is 0.317 e. The molecule has 0 spiro atoms. The van der Waals surface area contributed by atoms with Crippen LogP contribution in [0.3, 0.4) is 0 Å². The number of nitrogens with one attached hydrogen (secondary N) is 1. The molecular weight excluding hydrogens is 254 g/mol. The first-order chi connectivity index (χ1) is 9.69. The van der Waals surface area contributed by atoms with Gasteiger partial charge in [-0.05, 0) is 31.6 Å². The van der Waals surface area contributed by atoms with E-state index in [4.69, 9.17) is 0 Å². The second-order valence-corrected chi connectivity index (χ2v) is 6.45. The summed E-state index contributed by atoms with van der Waals surface area (Å²) in [7, 11) is 0. The highest BCUT2D eigenvalue weighted by Gasteiger charge is 2.40. The van der Waals surface area contributed by atoms with Gasteiger partial charge in [0, 0.05) is 32.1 Å². The minimum Gasteiger partial charge on any atom is -0.338 e. The third kappa shape index (κ3) is 2.50. The summed E-state index contributed by atoms with van der Waals surface area (Å²) in [5.41, 5.74) is 0. The topological polar surface area (TPSA) is 52.7 Å². The second-order valence-electron chi connectivity index (χ2n) is 6.45. The molecule has 2 saturated heterocycles. The monoisotopic (exact) mass is 279 g/mol. The summed E-state index contributed by atoms with van der Waals surface area (Å²) in [6.07, 6.45) is 5.78. The Hall–Kier alpha value is -1.26. The van der Waals surface area contributed by atoms with Crippen LogP contribution in [-0.2, 0) is 4.79 Å².